The van der Waals surface area contributed by atoms with E-state index in [9.17, 15) is 0 Å². The summed E-state index contributed by atoms with van der Waals surface area (Å²) in [5.74, 6) is 1.20. The first-order valence-corrected chi connectivity index (χ1v) is 6.88. The summed E-state index contributed by atoms with van der Waals surface area (Å²) < 4.78 is 11.9. The number of benzene rings is 2. The van der Waals surface area contributed by atoms with Crippen LogP contribution in [0.1, 0.15) is 11.1 Å². The second-order valence-electron chi connectivity index (χ2n) is 4.24. The Kier molecular flexibility index (Phi) is 4.87. The first kappa shape index (κ1) is 14.7. The van der Waals surface area contributed by atoms with Crippen molar-refractivity contribution in [2.24, 2.45) is 0 Å². The molecule has 0 fully saturated rings. The van der Waals surface area contributed by atoms with Crippen LogP contribution in [-0.2, 0) is 13.2 Å². The number of anilines is 1. The highest BCUT2D eigenvalue weighted by molar-refractivity contribution is 9.10. The lowest BCUT2D eigenvalue weighted by atomic mass is 10.2. The van der Waals surface area contributed by atoms with Gasteiger partial charge in [0.2, 0.25) is 0 Å². The average Bonchev–Trinajstić information content (AvgIpc) is 2.46. The topological polar surface area (TPSA) is 64.7 Å². The zero-order valence-electron chi connectivity index (χ0n) is 11.1. The average molecular weight is 338 g/mol. The van der Waals surface area contributed by atoms with E-state index in [-0.39, 0.29) is 6.61 Å². The molecule has 0 spiro atoms. The Morgan fingerprint density at radius 1 is 1.20 bits per heavy atom. The quantitative estimate of drug-likeness (QED) is 0.823. The zero-order chi connectivity index (χ0) is 14.5. The van der Waals surface area contributed by atoms with Gasteiger partial charge >= 0.3 is 0 Å². The predicted molar refractivity (Wildman–Crippen MR) is 81.8 cm³/mol. The lowest BCUT2D eigenvalue weighted by molar-refractivity contribution is 0.274. The molecule has 0 unspecified atom stereocenters. The number of hydrogen-bond acceptors (Lipinski definition) is 4. The molecule has 0 aliphatic heterocycles. The molecule has 106 valence electrons. The van der Waals surface area contributed by atoms with Crippen molar-refractivity contribution in [3.8, 4) is 11.5 Å². The number of nitrogens with two attached hydrogens (primary N) is 1. The molecule has 5 heteroatoms. The van der Waals surface area contributed by atoms with Crippen molar-refractivity contribution in [3.63, 3.8) is 0 Å². The highest BCUT2D eigenvalue weighted by atomic mass is 79.9. The highest BCUT2D eigenvalue weighted by Gasteiger charge is 2.09. The number of nitrogen functional groups attached to an aromatic ring is 1. The summed E-state index contributed by atoms with van der Waals surface area (Å²) in [6.45, 7) is 0.301. The summed E-state index contributed by atoms with van der Waals surface area (Å²) >= 11 is 3.45. The van der Waals surface area contributed by atoms with Gasteiger partial charge in [-0.3, -0.25) is 0 Å². The molecule has 0 heterocycles. The summed E-state index contributed by atoms with van der Waals surface area (Å²) in [7, 11) is 1.57. The third-order valence-corrected chi connectivity index (χ3v) is 3.68. The maximum absolute atomic E-state index is 9.11. The molecular formula is C15H16BrNO3. The standard InChI is InChI=1S/C15H16BrNO3/c1-19-15-7-10(8-18)5-6-14(15)20-9-11-12(16)3-2-4-13(11)17/h2-7,18H,8-9,17H2,1H3. The second kappa shape index (κ2) is 6.63. The maximum Gasteiger partial charge on any atom is 0.161 e. The van der Waals surface area contributed by atoms with Crippen LogP contribution in [-0.4, -0.2) is 12.2 Å². The normalized spacial score (nSPS) is 10.3. The van der Waals surface area contributed by atoms with Crippen LogP contribution in [0.3, 0.4) is 0 Å². The lowest BCUT2D eigenvalue weighted by Crippen LogP contribution is -2.02. The van der Waals surface area contributed by atoms with Crippen LogP contribution in [0.5, 0.6) is 11.5 Å². The molecule has 2 aromatic carbocycles. The number of aliphatic hydroxyl groups excluding tert-OH is 1. The molecule has 0 saturated carbocycles. The smallest absolute Gasteiger partial charge is 0.161 e. The largest absolute Gasteiger partial charge is 0.493 e. The van der Waals surface area contributed by atoms with Crippen molar-refractivity contribution in [1.82, 2.24) is 0 Å². The highest BCUT2D eigenvalue weighted by Crippen LogP contribution is 2.30. The summed E-state index contributed by atoms with van der Waals surface area (Å²) in [5, 5.41) is 9.11. The Hall–Kier alpha value is -1.72. The monoisotopic (exact) mass is 337 g/mol. The molecule has 0 radical (unpaired) electrons. The summed E-state index contributed by atoms with van der Waals surface area (Å²) in [6, 6.07) is 10.9. The van der Waals surface area contributed by atoms with E-state index in [1.54, 1.807) is 25.3 Å². The van der Waals surface area contributed by atoms with E-state index in [1.165, 1.54) is 0 Å². The fraction of sp³-hybridized carbons (Fsp3) is 0.200. The van der Waals surface area contributed by atoms with Crippen LogP contribution < -0.4 is 15.2 Å². The van der Waals surface area contributed by atoms with Crippen LogP contribution in [0.15, 0.2) is 40.9 Å². The molecular weight excluding hydrogens is 322 g/mol. The number of ether oxygens (including phenoxy) is 2. The van der Waals surface area contributed by atoms with Crippen LogP contribution >= 0.6 is 15.9 Å². The van der Waals surface area contributed by atoms with Crippen molar-refractivity contribution in [2.75, 3.05) is 12.8 Å². The van der Waals surface area contributed by atoms with Crippen LogP contribution in [0, 0.1) is 0 Å². The van der Waals surface area contributed by atoms with Gasteiger partial charge in [0.15, 0.2) is 11.5 Å². The fourth-order valence-electron chi connectivity index (χ4n) is 1.81. The molecule has 0 saturated heterocycles. The third kappa shape index (κ3) is 3.23. The Balaban J connectivity index is 2.19. The van der Waals surface area contributed by atoms with Crippen LogP contribution in [0.2, 0.25) is 0 Å². The lowest BCUT2D eigenvalue weighted by Gasteiger charge is -2.13. The minimum atomic E-state index is -0.0339. The third-order valence-electron chi connectivity index (χ3n) is 2.94. The minimum Gasteiger partial charge on any atom is -0.493 e. The zero-order valence-corrected chi connectivity index (χ0v) is 12.7. The first-order chi connectivity index (χ1) is 9.65. The Labute approximate surface area is 126 Å². The number of methoxy groups -OCH3 is 1. The molecule has 0 aliphatic carbocycles. The van der Waals surface area contributed by atoms with E-state index >= 15 is 0 Å². The Morgan fingerprint density at radius 3 is 2.65 bits per heavy atom. The second-order valence-corrected chi connectivity index (χ2v) is 5.09. The van der Waals surface area contributed by atoms with Crippen molar-refractivity contribution >= 4 is 21.6 Å². The number of halogens is 1. The van der Waals surface area contributed by atoms with Gasteiger partial charge in [0.25, 0.3) is 0 Å². The van der Waals surface area contributed by atoms with Crippen molar-refractivity contribution < 1.29 is 14.6 Å². The summed E-state index contributed by atoms with van der Waals surface area (Å²) in [5.41, 5.74) is 8.26. The van der Waals surface area contributed by atoms with E-state index in [1.807, 2.05) is 18.2 Å². The van der Waals surface area contributed by atoms with Gasteiger partial charge in [0.05, 0.1) is 13.7 Å². The van der Waals surface area contributed by atoms with Crippen molar-refractivity contribution in [3.05, 3.63) is 52.0 Å². The Morgan fingerprint density at radius 2 is 2.00 bits per heavy atom. The van der Waals surface area contributed by atoms with E-state index in [0.29, 0.717) is 23.8 Å². The van der Waals surface area contributed by atoms with Gasteiger partial charge in [0, 0.05) is 15.7 Å². The van der Waals surface area contributed by atoms with E-state index < -0.39 is 0 Å². The van der Waals surface area contributed by atoms with Crippen LogP contribution in [0.25, 0.3) is 0 Å². The molecule has 0 aliphatic rings. The minimum absolute atomic E-state index is 0.0339. The molecule has 2 rings (SSSR count). The fourth-order valence-corrected chi connectivity index (χ4v) is 2.30. The Bertz CT molecular complexity index is 581. The van der Waals surface area contributed by atoms with Crippen LogP contribution in [0.4, 0.5) is 5.69 Å². The van der Waals surface area contributed by atoms with Crippen molar-refractivity contribution in [1.29, 1.82) is 0 Å². The molecule has 2 aromatic rings. The molecule has 0 amide bonds. The van der Waals surface area contributed by atoms with Gasteiger partial charge < -0.3 is 20.3 Å². The maximum atomic E-state index is 9.11. The van der Waals surface area contributed by atoms with E-state index in [0.717, 1.165) is 15.6 Å². The number of aliphatic hydroxyl groups is 1. The van der Waals surface area contributed by atoms with Gasteiger partial charge in [-0.2, -0.15) is 0 Å². The van der Waals surface area contributed by atoms with Crippen molar-refractivity contribution in [2.45, 2.75) is 13.2 Å². The number of rotatable bonds is 5. The molecule has 0 bridgehead atoms. The molecule has 4 nitrogen and oxygen atoms in total. The van der Waals surface area contributed by atoms with E-state index in [2.05, 4.69) is 15.9 Å². The van der Waals surface area contributed by atoms with Gasteiger partial charge in [-0.05, 0) is 29.8 Å². The van der Waals surface area contributed by atoms with Gasteiger partial charge in [0.1, 0.15) is 6.61 Å². The van der Waals surface area contributed by atoms with E-state index in [4.69, 9.17) is 20.3 Å². The predicted octanol–water partition coefficient (Wildman–Crippen LogP) is 3.11. The summed E-state index contributed by atoms with van der Waals surface area (Å²) in [6.07, 6.45) is 0. The molecule has 20 heavy (non-hydrogen) atoms. The number of hydrogen-bond donors (Lipinski definition) is 2. The first-order valence-electron chi connectivity index (χ1n) is 6.09. The molecule has 0 aromatic heterocycles. The molecule has 0 atom stereocenters. The van der Waals surface area contributed by atoms with Gasteiger partial charge in [-0.25, -0.2) is 0 Å². The van der Waals surface area contributed by atoms with Gasteiger partial charge in [-0.1, -0.05) is 28.1 Å². The van der Waals surface area contributed by atoms with Gasteiger partial charge in [-0.15, -0.1) is 0 Å². The molecule has 3 N–H and O–H groups in total. The SMILES string of the molecule is COc1cc(CO)ccc1OCc1c(N)cccc1Br. The summed E-state index contributed by atoms with van der Waals surface area (Å²) in [4.78, 5) is 0.